The Kier molecular flexibility index (Phi) is 5.73. The van der Waals surface area contributed by atoms with Crippen molar-refractivity contribution in [1.82, 2.24) is 10.6 Å². The molecule has 0 spiro atoms. The normalized spacial score (nSPS) is 31.0. The Hall–Kier alpha value is -0.780. The third-order valence-corrected chi connectivity index (χ3v) is 6.56. The summed E-state index contributed by atoms with van der Waals surface area (Å²) in [4.78, 5) is 13.2. The lowest BCUT2D eigenvalue weighted by Gasteiger charge is -2.30. The van der Waals surface area contributed by atoms with Crippen LogP contribution in [0.1, 0.15) is 50.1 Å². The molecule has 0 aliphatic carbocycles. The van der Waals surface area contributed by atoms with Gasteiger partial charge in [-0.05, 0) is 49.7 Å². The summed E-state index contributed by atoms with van der Waals surface area (Å²) in [5.74, 6) is 1.32. The fourth-order valence-electron chi connectivity index (χ4n) is 4.39. The minimum absolute atomic E-state index is 0. The molecule has 3 unspecified atom stereocenters. The fraction of sp³-hybridized carbons (Fsp3) is 0.611. The van der Waals surface area contributed by atoms with Crippen LogP contribution in [0.15, 0.2) is 23.1 Å². The van der Waals surface area contributed by atoms with Crippen LogP contribution in [-0.2, 0) is 4.79 Å². The molecular formula is C18H24ClFN2OS. The summed E-state index contributed by atoms with van der Waals surface area (Å²) in [6.45, 7) is 0. The van der Waals surface area contributed by atoms with Gasteiger partial charge in [0.05, 0.1) is 6.04 Å². The number of thioether (sulfide) groups is 1. The summed E-state index contributed by atoms with van der Waals surface area (Å²) in [7, 11) is 0. The van der Waals surface area contributed by atoms with Crippen molar-refractivity contribution in [1.29, 1.82) is 0 Å². The topological polar surface area (TPSA) is 41.1 Å². The molecule has 3 atom stereocenters. The van der Waals surface area contributed by atoms with E-state index >= 15 is 0 Å². The van der Waals surface area contributed by atoms with Gasteiger partial charge in [-0.2, -0.15) is 0 Å². The second-order valence-corrected chi connectivity index (χ2v) is 8.20. The van der Waals surface area contributed by atoms with E-state index in [4.69, 9.17) is 0 Å². The second kappa shape index (κ2) is 7.63. The number of halogens is 2. The maximum atomic E-state index is 13.9. The summed E-state index contributed by atoms with van der Waals surface area (Å²) < 4.78 is 13.9. The van der Waals surface area contributed by atoms with Gasteiger partial charge < -0.3 is 10.6 Å². The molecule has 0 radical (unpaired) electrons. The Labute approximate surface area is 152 Å². The molecule has 0 saturated carbocycles. The smallest absolute Gasteiger partial charge is 0.220 e. The van der Waals surface area contributed by atoms with Gasteiger partial charge >= 0.3 is 0 Å². The van der Waals surface area contributed by atoms with Crippen molar-refractivity contribution in [3.8, 4) is 0 Å². The van der Waals surface area contributed by atoms with Crippen LogP contribution in [0.2, 0.25) is 0 Å². The molecule has 2 saturated heterocycles. The third-order valence-electron chi connectivity index (χ3n) is 5.41. The maximum Gasteiger partial charge on any atom is 0.220 e. The minimum atomic E-state index is -0.165. The number of amides is 1. The molecule has 0 aromatic heterocycles. The maximum absolute atomic E-state index is 13.9. The van der Waals surface area contributed by atoms with Gasteiger partial charge in [-0.15, -0.1) is 24.2 Å². The molecule has 3 nitrogen and oxygen atoms in total. The summed E-state index contributed by atoms with van der Waals surface area (Å²) in [6, 6.07) is 6.39. The minimum Gasteiger partial charge on any atom is -0.349 e. The van der Waals surface area contributed by atoms with Gasteiger partial charge in [0.15, 0.2) is 0 Å². The van der Waals surface area contributed by atoms with Gasteiger partial charge in [0.25, 0.3) is 0 Å². The van der Waals surface area contributed by atoms with Gasteiger partial charge in [0.1, 0.15) is 5.82 Å². The number of benzene rings is 1. The lowest BCUT2D eigenvalue weighted by molar-refractivity contribution is -0.123. The zero-order valence-electron chi connectivity index (χ0n) is 13.6. The summed E-state index contributed by atoms with van der Waals surface area (Å²) in [5, 5.41) is 6.78. The van der Waals surface area contributed by atoms with Crippen LogP contribution in [0.5, 0.6) is 0 Å². The van der Waals surface area contributed by atoms with E-state index in [9.17, 15) is 9.18 Å². The highest BCUT2D eigenvalue weighted by atomic mass is 35.5. The highest BCUT2D eigenvalue weighted by Gasteiger charge is 2.34. The summed E-state index contributed by atoms with van der Waals surface area (Å²) >= 11 is 1.56. The molecular weight excluding hydrogens is 347 g/mol. The molecule has 3 aliphatic rings. The number of nitrogens with one attached hydrogen (secondary N) is 2. The molecule has 132 valence electrons. The van der Waals surface area contributed by atoms with Gasteiger partial charge in [-0.1, -0.05) is 12.1 Å². The van der Waals surface area contributed by atoms with Crippen molar-refractivity contribution in [2.24, 2.45) is 5.92 Å². The van der Waals surface area contributed by atoms with E-state index in [1.807, 2.05) is 6.07 Å². The molecule has 2 fully saturated rings. The zero-order valence-corrected chi connectivity index (χ0v) is 15.2. The van der Waals surface area contributed by atoms with E-state index in [-0.39, 0.29) is 30.2 Å². The zero-order chi connectivity index (χ0) is 15.8. The van der Waals surface area contributed by atoms with Gasteiger partial charge in [-0.25, -0.2) is 4.39 Å². The van der Waals surface area contributed by atoms with Crippen LogP contribution in [0.3, 0.4) is 0 Å². The van der Waals surface area contributed by atoms with Crippen LogP contribution < -0.4 is 10.6 Å². The predicted molar refractivity (Wildman–Crippen MR) is 97.2 cm³/mol. The lowest BCUT2D eigenvalue weighted by Crippen LogP contribution is -2.40. The standard InChI is InChI=1S/C18H23FN2OS.ClH/c19-15-3-1-2-14-16(6-7-23-18(14)15)21-17(22)10-11-8-12-4-5-13(9-11)20-12;/h1-3,11-13,16,20H,4-10H2,(H,21,22);1H. The third kappa shape index (κ3) is 3.73. The first kappa shape index (κ1) is 18.0. The van der Waals surface area contributed by atoms with Crippen LogP contribution in [0, 0.1) is 11.7 Å². The lowest BCUT2D eigenvalue weighted by atomic mass is 9.89. The van der Waals surface area contributed by atoms with E-state index in [1.54, 1.807) is 17.8 Å². The number of hydrogen-bond donors (Lipinski definition) is 2. The Balaban J connectivity index is 0.00000169. The van der Waals surface area contributed by atoms with E-state index < -0.39 is 0 Å². The number of hydrogen-bond acceptors (Lipinski definition) is 3. The first-order valence-corrected chi connectivity index (χ1v) is 9.64. The first-order valence-electron chi connectivity index (χ1n) is 8.65. The number of carbonyl (C=O) groups excluding carboxylic acids is 1. The molecule has 1 aromatic carbocycles. The largest absolute Gasteiger partial charge is 0.349 e. The quantitative estimate of drug-likeness (QED) is 0.849. The fourth-order valence-corrected chi connectivity index (χ4v) is 5.53. The second-order valence-electron chi connectivity index (χ2n) is 7.09. The molecule has 2 N–H and O–H groups in total. The molecule has 3 heterocycles. The van der Waals surface area contributed by atoms with Crippen LogP contribution in [0.4, 0.5) is 4.39 Å². The molecule has 1 amide bonds. The van der Waals surface area contributed by atoms with Gasteiger partial charge in [-0.3, -0.25) is 4.79 Å². The van der Waals surface area contributed by atoms with Crippen LogP contribution >= 0.6 is 24.2 Å². The van der Waals surface area contributed by atoms with E-state index in [2.05, 4.69) is 10.6 Å². The molecule has 2 bridgehead atoms. The average Bonchev–Trinajstić information content (AvgIpc) is 2.87. The van der Waals surface area contributed by atoms with Crippen molar-refractivity contribution in [2.45, 2.75) is 61.5 Å². The van der Waals surface area contributed by atoms with E-state index in [0.29, 0.717) is 29.3 Å². The van der Waals surface area contributed by atoms with Crippen molar-refractivity contribution in [3.63, 3.8) is 0 Å². The van der Waals surface area contributed by atoms with Crippen molar-refractivity contribution in [2.75, 3.05) is 5.75 Å². The van der Waals surface area contributed by atoms with Gasteiger partial charge in [0.2, 0.25) is 5.91 Å². The van der Waals surface area contributed by atoms with Crippen molar-refractivity contribution < 1.29 is 9.18 Å². The SMILES string of the molecule is Cl.O=C(CC1CC2CCC(C1)N2)NC1CCSc2c(F)cccc21. The molecule has 24 heavy (non-hydrogen) atoms. The predicted octanol–water partition coefficient (Wildman–Crippen LogP) is 3.82. The van der Waals surface area contributed by atoms with E-state index in [1.165, 1.54) is 18.9 Å². The Morgan fingerprint density at radius 3 is 2.75 bits per heavy atom. The van der Waals surface area contributed by atoms with Crippen molar-refractivity contribution >= 4 is 30.1 Å². The van der Waals surface area contributed by atoms with E-state index in [0.717, 1.165) is 30.6 Å². The average molecular weight is 371 g/mol. The Morgan fingerprint density at radius 1 is 1.25 bits per heavy atom. The Bertz CT molecular complexity index is 603. The molecule has 3 aliphatic heterocycles. The molecule has 6 heteroatoms. The van der Waals surface area contributed by atoms with Gasteiger partial charge in [0, 0.05) is 29.2 Å². The first-order chi connectivity index (χ1) is 11.2. The van der Waals surface area contributed by atoms with Crippen molar-refractivity contribution in [3.05, 3.63) is 29.6 Å². The van der Waals surface area contributed by atoms with Crippen LogP contribution in [0.25, 0.3) is 0 Å². The molecule has 4 rings (SSSR count). The number of rotatable bonds is 3. The highest BCUT2D eigenvalue weighted by Crippen LogP contribution is 2.38. The summed E-state index contributed by atoms with van der Waals surface area (Å²) in [6.07, 6.45) is 6.25. The number of carbonyl (C=O) groups is 1. The number of piperidine rings is 1. The highest BCUT2D eigenvalue weighted by molar-refractivity contribution is 7.99. The summed E-state index contributed by atoms with van der Waals surface area (Å²) in [5.41, 5.74) is 0.944. The molecule has 1 aromatic rings. The van der Waals surface area contributed by atoms with Crippen LogP contribution in [-0.4, -0.2) is 23.7 Å². The monoisotopic (exact) mass is 370 g/mol. The Morgan fingerprint density at radius 2 is 2.00 bits per heavy atom. The number of fused-ring (bicyclic) bond motifs is 3.